The number of H-pyrrole nitrogens is 2. The standard InChI is InChI=1S/C23H25N9O2/c1-11(2)18(22-27-7-4-8-28-22)32-19-16(23(34)31-15(10-26-3)17(19)24)21-29-13-6-5-12(20(25)33)9-14(13)30-21/h4-11,18H,24H2,1-3H3,(H2,25,33)(H,29,30)(H2,31,32,34)/t18-/m0/s1. The van der Waals surface area contributed by atoms with Crippen LogP contribution in [0.3, 0.4) is 0 Å². The predicted molar refractivity (Wildman–Crippen MR) is 132 cm³/mol. The molecule has 4 rings (SSSR count). The quantitative estimate of drug-likeness (QED) is 0.263. The Balaban J connectivity index is 1.93. The number of rotatable bonds is 7. The number of amides is 1. The first kappa shape index (κ1) is 22.6. The number of imidazole rings is 1. The molecule has 4 aromatic rings. The second kappa shape index (κ2) is 9.14. The summed E-state index contributed by atoms with van der Waals surface area (Å²) in [5.41, 5.74) is 14.2. The maximum absolute atomic E-state index is 13.3. The molecule has 0 aliphatic heterocycles. The average Bonchev–Trinajstić information content (AvgIpc) is 3.23. The number of primary amides is 1. The SMILES string of the molecule is CN=Cc1[nH]c(=O)c(-c2nc3ccc(C(N)=O)cc3[nH]2)c(N[C@H](c2ncccn2)C(C)C)c1N. The lowest BCUT2D eigenvalue weighted by Crippen LogP contribution is -2.24. The van der Waals surface area contributed by atoms with Gasteiger partial charge in [-0.15, -0.1) is 0 Å². The number of fused-ring (bicyclic) bond motifs is 1. The molecular formula is C23H25N9O2. The molecule has 0 saturated carbocycles. The number of benzene rings is 1. The summed E-state index contributed by atoms with van der Waals surface area (Å²) in [6.45, 7) is 4.02. The number of aromatic amines is 2. The first-order valence-corrected chi connectivity index (χ1v) is 10.6. The molecule has 0 aliphatic carbocycles. The van der Waals surface area contributed by atoms with Crippen LogP contribution >= 0.6 is 0 Å². The summed E-state index contributed by atoms with van der Waals surface area (Å²) < 4.78 is 0. The summed E-state index contributed by atoms with van der Waals surface area (Å²) in [6, 6.07) is 6.22. The molecule has 34 heavy (non-hydrogen) atoms. The van der Waals surface area contributed by atoms with Crippen LogP contribution in [0.25, 0.3) is 22.4 Å². The Morgan fingerprint density at radius 3 is 2.59 bits per heavy atom. The highest BCUT2D eigenvalue weighted by atomic mass is 16.1. The van der Waals surface area contributed by atoms with Gasteiger partial charge in [0.15, 0.2) is 5.82 Å². The largest absolute Gasteiger partial charge is 0.395 e. The van der Waals surface area contributed by atoms with Crippen molar-refractivity contribution < 1.29 is 4.79 Å². The summed E-state index contributed by atoms with van der Waals surface area (Å²) in [5.74, 6) is 0.340. The number of aliphatic imine (C=N–C) groups is 1. The minimum atomic E-state index is -0.562. The normalized spacial score (nSPS) is 12.5. The Morgan fingerprint density at radius 1 is 1.21 bits per heavy atom. The van der Waals surface area contributed by atoms with Crippen LogP contribution in [-0.4, -0.2) is 44.1 Å². The van der Waals surface area contributed by atoms with Crippen LogP contribution in [0.4, 0.5) is 11.4 Å². The van der Waals surface area contributed by atoms with Crippen LogP contribution in [0.5, 0.6) is 0 Å². The second-order valence-corrected chi connectivity index (χ2v) is 8.07. The van der Waals surface area contributed by atoms with Crippen molar-refractivity contribution in [3.63, 3.8) is 0 Å². The van der Waals surface area contributed by atoms with E-state index >= 15 is 0 Å². The fourth-order valence-corrected chi connectivity index (χ4v) is 3.68. The highest BCUT2D eigenvalue weighted by Gasteiger charge is 2.25. The number of aromatic nitrogens is 5. The number of pyridine rings is 1. The third-order valence-electron chi connectivity index (χ3n) is 5.38. The van der Waals surface area contributed by atoms with Gasteiger partial charge in [-0.2, -0.15) is 0 Å². The van der Waals surface area contributed by atoms with Gasteiger partial charge in [0.25, 0.3) is 5.56 Å². The fraction of sp³-hybridized carbons (Fsp3) is 0.217. The molecule has 11 heteroatoms. The number of hydrogen-bond donors (Lipinski definition) is 5. The molecule has 3 heterocycles. The summed E-state index contributed by atoms with van der Waals surface area (Å²) in [6.07, 6.45) is 4.80. The number of nitrogens with two attached hydrogens (primary N) is 2. The van der Waals surface area contributed by atoms with E-state index in [1.165, 1.54) is 6.21 Å². The van der Waals surface area contributed by atoms with Crippen molar-refractivity contribution >= 4 is 34.5 Å². The minimum absolute atomic E-state index is 0.0611. The van der Waals surface area contributed by atoms with Crippen molar-refractivity contribution in [3.8, 4) is 11.4 Å². The zero-order chi connectivity index (χ0) is 24.4. The van der Waals surface area contributed by atoms with E-state index in [4.69, 9.17) is 11.5 Å². The topological polar surface area (TPSA) is 181 Å². The highest BCUT2D eigenvalue weighted by Crippen LogP contribution is 2.35. The van der Waals surface area contributed by atoms with E-state index in [1.807, 2.05) is 13.8 Å². The summed E-state index contributed by atoms with van der Waals surface area (Å²) in [4.78, 5) is 48.0. The smallest absolute Gasteiger partial charge is 0.261 e. The molecule has 174 valence electrons. The predicted octanol–water partition coefficient (Wildman–Crippen LogP) is 2.25. The number of hydrogen-bond acceptors (Lipinski definition) is 8. The maximum Gasteiger partial charge on any atom is 0.261 e. The third-order valence-corrected chi connectivity index (χ3v) is 5.38. The Morgan fingerprint density at radius 2 is 1.94 bits per heavy atom. The lowest BCUT2D eigenvalue weighted by Gasteiger charge is -2.24. The van der Waals surface area contributed by atoms with E-state index in [2.05, 4.69) is 35.2 Å². The zero-order valence-electron chi connectivity index (χ0n) is 19.0. The fourth-order valence-electron chi connectivity index (χ4n) is 3.68. The molecule has 0 radical (unpaired) electrons. The third kappa shape index (κ3) is 4.22. The van der Waals surface area contributed by atoms with Crippen molar-refractivity contribution in [1.82, 2.24) is 24.9 Å². The van der Waals surface area contributed by atoms with Gasteiger partial charge in [-0.3, -0.25) is 14.6 Å². The Labute approximate surface area is 194 Å². The van der Waals surface area contributed by atoms with E-state index in [9.17, 15) is 9.59 Å². The molecule has 0 spiro atoms. The average molecular weight is 460 g/mol. The van der Waals surface area contributed by atoms with Crippen LogP contribution < -0.4 is 22.3 Å². The number of carbonyl (C=O) groups is 1. The van der Waals surface area contributed by atoms with Crippen molar-refractivity contribution in [3.05, 3.63) is 64.1 Å². The molecule has 0 bridgehead atoms. The van der Waals surface area contributed by atoms with E-state index < -0.39 is 11.5 Å². The molecule has 7 N–H and O–H groups in total. The van der Waals surface area contributed by atoms with Gasteiger partial charge in [0, 0.05) is 31.2 Å². The highest BCUT2D eigenvalue weighted by molar-refractivity contribution is 5.98. The number of anilines is 2. The Bertz CT molecular complexity index is 1440. The van der Waals surface area contributed by atoms with Crippen LogP contribution in [0.1, 0.15) is 41.8 Å². The van der Waals surface area contributed by atoms with E-state index in [1.54, 1.807) is 43.7 Å². The maximum atomic E-state index is 13.3. The van der Waals surface area contributed by atoms with Gasteiger partial charge in [-0.1, -0.05) is 13.8 Å². The Hall–Kier alpha value is -4.54. The van der Waals surface area contributed by atoms with E-state index in [0.717, 1.165) is 0 Å². The van der Waals surface area contributed by atoms with E-state index in [-0.39, 0.29) is 23.3 Å². The van der Waals surface area contributed by atoms with E-state index in [0.29, 0.717) is 39.5 Å². The van der Waals surface area contributed by atoms with Gasteiger partial charge < -0.3 is 26.8 Å². The lowest BCUT2D eigenvalue weighted by atomic mass is 10.0. The number of nitrogens with zero attached hydrogens (tertiary/aromatic N) is 4. The van der Waals surface area contributed by atoms with Crippen molar-refractivity contribution in [1.29, 1.82) is 0 Å². The molecule has 0 fully saturated rings. The van der Waals surface area contributed by atoms with Gasteiger partial charge in [-0.25, -0.2) is 15.0 Å². The number of carbonyl (C=O) groups excluding carboxylic acids is 1. The molecule has 11 nitrogen and oxygen atoms in total. The van der Waals surface area contributed by atoms with Crippen LogP contribution in [0.2, 0.25) is 0 Å². The van der Waals surface area contributed by atoms with Crippen LogP contribution in [0, 0.1) is 5.92 Å². The minimum Gasteiger partial charge on any atom is -0.395 e. The van der Waals surface area contributed by atoms with Crippen LogP contribution in [0.15, 0.2) is 46.4 Å². The molecular weight excluding hydrogens is 434 g/mol. The number of nitrogen functional groups attached to an aromatic ring is 1. The molecule has 3 aromatic heterocycles. The van der Waals surface area contributed by atoms with Gasteiger partial charge >= 0.3 is 0 Å². The van der Waals surface area contributed by atoms with Gasteiger partial charge in [0.2, 0.25) is 5.91 Å². The molecule has 0 unspecified atom stereocenters. The van der Waals surface area contributed by atoms with Crippen molar-refractivity contribution in [2.24, 2.45) is 16.6 Å². The van der Waals surface area contributed by atoms with Gasteiger partial charge in [0.05, 0.1) is 34.1 Å². The van der Waals surface area contributed by atoms with Gasteiger partial charge in [0.1, 0.15) is 11.4 Å². The van der Waals surface area contributed by atoms with Crippen molar-refractivity contribution in [2.75, 3.05) is 18.1 Å². The molecule has 1 atom stereocenters. The Kier molecular flexibility index (Phi) is 6.09. The summed E-state index contributed by atoms with van der Waals surface area (Å²) in [5, 5.41) is 3.38. The molecule has 0 saturated heterocycles. The molecule has 1 aromatic carbocycles. The molecule has 0 aliphatic rings. The number of nitrogens with one attached hydrogen (secondary N) is 3. The first-order valence-electron chi connectivity index (χ1n) is 10.6. The summed E-state index contributed by atoms with van der Waals surface area (Å²) >= 11 is 0. The molecule has 1 amide bonds. The van der Waals surface area contributed by atoms with Gasteiger partial charge in [-0.05, 0) is 30.2 Å². The monoisotopic (exact) mass is 459 g/mol. The second-order valence-electron chi connectivity index (χ2n) is 8.07. The van der Waals surface area contributed by atoms with Crippen LogP contribution in [-0.2, 0) is 0 Å². The van der Waals surface area contributed by atoms with Crippen molar-refractivity contribution in [2.45, 2.75) is 19.9 Å². The zero-order valence-corrected chi connectivity index (χ0v) is 19.0. The lowest BCUT2D eigenvalue weighted by molar-refractivity contribution is 0.100. The first-order chi connectivity index (χ1) is 16.3. The summed E-state index contributed by atoms with van der Waals surface area (Å²) in [7, 11) is 1.59.